The number of hydrogen-bond donors (Lipinski definition) is 0. The number of carbonyl (C=O) groups excluding carboxylic acids is 2. The van der Waals surface area contributed by atoms with Gasteiger partial charge in [0, 0.05) is 18.8 Å². The zero-order valence-corrected chi connectivity index (χ0v) is 16.8. The average molecular weight is 432 g/mol. The zero-order valence-electron chi connectivity index (χ0n) is 16.8. The van der Waals surface area contributed by atoms with Crippen molar-refractivity contribution in [3.05, 3.63) is 65.7 Å². The van der Waals surface area contributed by atoms with Gasteiger partial charge in [-0.05, 0) is 36.6 Å². The summed E-state index contributed by atoms with van der Waals surface area (Å²) in [6, 6.07) is 14.4. The Kier molecular flexibility index (Phi) is 6.00. The van der Waals surface area contributed by atoms with E-state index in [0.29, 0.717) is 19.4 Å². The molecule has 8 heteroatoms. The van der Waals surface area contributed by atoms with Gasteiger partial charge in [0.05, 0.1) is 18.7 Å². The summed E-state index contributed by atoms with van der Waals surface area (Å²) in [6.45, 7) is 0.892. The number of halogens is 3. The summed E-state index contributed by atoms with van der Waals surface area (Å²) in [5, 5.41) is 0. The molecule has 5 nitrogen and oxygen atoms in total. The van der Waals surface area contributed by atoms with Crippen molar-refractivity contribution >= 4 is 17.5 Å². The van der Waals surface area contributed by atoms with Crippen LogP contribution in [0.4, 0.5) is 18.9 Å². The number of benzene rings is 2. The predicted octanol–water partition coefficient (Wildman–Crippen LogP) is 4.05. The van der Waals surface area contributed by atoms with Gasteiger partial charge in [-0.25, -0.2) is 0 Å². The van der Waals surface area contributed by atoms with Crippen LogP contribution in [0.25, 0.3) is 0 Å². The lowest BCUT2D eigenvalue weighted by Gasteiger charge is -2.38. The van der Waals surface area contributed by atoms with Crippen LogP contribution in [0.2, 0.25) is 0 Å². The number of nitrogens with zero attached hydrogens (tertiary/aromatic N) is 2. The van der Waals surface area contributed by atoms with Gasteiger partial charge in [-0.1, -0.05) is 36.4 Å². The molecule has 2 amide bonds. The lowest BCUT2D eigenvalue weighted by molar-refractivity contribution is -0.149. The third-order valence-corrected chi connectivity index (χ3v) is 5.80. The Morgan fingerprint density at radius 3 is 2.45 bits per heavy atom. The van der Waals surface area contributed by atoms with E-state index in [1.165, 1.54) is 23.1 Å². The first-order valence-corrected chi connectivity index (χ1v) is 10.3. The Balaban J connectivity index is 1.51. The molecule has 2 saturated heterocycles. The Hall–Kier alpha value is -2.87. The summed E-state index contributed by atoms with van der Waals surface area (Å²) in [7, 11) is 0. The van der Waals surface area contributed by atoms with Gasteiger partial charge >= 0.3 is 6.18 Å². The lowest BCUT2D eigenvalue weighted by Crippen LogP contribution is -2.51. The third kappa shape index (κ3) is 4.44. The lowest BCUT2D eigenvalue weighted by atomic mass is 9.94. The van der Waals surface area contributed by atoms with Gasteiger partial charge < -0.3 is 14.5 Å². The number of morpholine rings is 1. The first-order valence-electron chi connectivity index (χ1n) is 10.3. The highest BCUT2D eigenvalue weighted by atomic mass is 19.4. The fourth-order valence-electron chi connectivity index (χ4n) is 4.26. The van der Waals surface area contributed by atoms with E-state index in [9.17, 15) is 22.8 Å². The second-order valence-electron chi connectivity index (χ2n) is 7.75. The molecule has 2 aliphatic heterocycles. The van der Waals surface area contributed by atoms with E-state index in [2.05, 4.69) is 0 Å². The highest BCUT2D eigenvalue weighted by Gasteiger charge is 2.40. The second-order valence-corrected chi connectivity index (χ2v) is 7.75. The molecule has 2 unspecified atom stereocenters. The van der Waals surface area contributed by atoms with Crippen molar-refractivity contribution in [2.45, 2.75) is 25.1 Å². The molecular formula is C23H23F3N2O3. The molecule has 0 aliphatic carbocycles. The highest BCUT2D eigenvalue weighted by molar-refractivity contribution is 6.08. The van der Waals surface area contributed by atoms with Crippen molar-refractivity contribution in [2.24, 2.45) is 5.92 Å². The fourth-order valence-corrected chi connectivity index (χ4v) is 4.26. The summed E-state index contributed by atoms with van der Waals surface area (Å²) in [5.41, 5.74) is -0.0179. The van der Waals surface area contributed by atoms with Crippen LogP contribution in [0.1, 0.15) is 30.1 Å². The Bertz CT molecular complexity index is 949. The largest absolute Gasteiger partial charge is 0.416 e. The maximum absolute atomic E-state index is 13.4. The van der Waals surface area contributed by atoms with Crippen molar-refractivity contribution in [3.8, 4) is 0 Å². The molecule has 2 aliphatic rings. The molecule has 2 heterocycles. The zero-order chi connectivity index (χ0) is 22.0. The number of amides is 2. The molecule has 2 atom stereocenters. The Morgan fingerprint density at radius 2 is 1.71 bits per heavy atom. The van der Waals surface area contributed by atoms with Gasteiger partial charge in [-0.15, -0.1) is 0 Å². The van der Waals surface area contributed by atoms with Crippen LogP contribution >= 0.6 is 0 Å². The van der Waals surface area contributed by atoms with Gasteiger partial charge in [-0.3, -0.25) is 9.59 Å². The number of anilines is 1. The normalized spacial score (nSPS) is 22.5. The minimum absolute atomic E-state index is 0.00776. The van der Waals surface area contributed by atoms with E-state index in [-0.39, 0.29) is 37.1 Å². The van der Waals surface area contributed by atoms with Crippen molar-refractivity contribution in [2.75, 3.05) is 31.1 Å². The standard InChI is InChI=1S/C23H23F3N2O3/c24-23(25,26)19-11-5-4-9-17(19)20-15-27(13-14-31-20)21(29)18-10-6-12-28(22(18)30)16-7-2-1-3-8-16/h1-5,7-9,11,18,20H,6,10,12-15H2. The number of hydrogen-bond acceptors (Lipinski definition) is 3. The SMILES string of the molecule is O=C(C1CCCN(c2ccccc2)C1=O)N1CCOC(c2ccccc2C(F)(F)F)C1. The summed E-state index contributed by atoms with van der Waals surface area (Å²) >= 11 is 0. The monoisotopic (exact) mass is 432 g/mol. The van der Waals surface area contributed by atoms with Crippen LogP contribution < -0.4 is 4.90 Å². The maximum atomic E-state index is 13.4. The average Bonchev–Trinajstić information content (AvgIpc) is 2.79. The number of alkyl halides is 3. The van der Waals surface area contributed by atoms with Gasteiger partial charge in [0.1, 0.15) is 12.0 Å². The fraction of sp³-hybridized carbons (Fsp3) is 0.391. The van der Waals surface area contributed by atoms with E-state index in [0.717, 1.165) is 11.8 Å². The van der Waals surface area contributed by atoms with Crippen LogP contribution in [-0.4, -0.2) is 43.0 Å². The van der Waals surface area contributed by atoms with Gasteiger partial charge in [-0.2, -0.15) is 13.2 Å². The topological polar surface area (TPSA) is 49.9 Å². The summed E-state index contributed by atoms with van der Waals surface area (Å²) in [4.78, 5) is 29.3. The number of ether oxygens (including phenoxy) is 1. The molecule has 2 aromatic rings. The minimum Gasteiger partial charge on any atom is -0.370 e. The summed E-state index contributed by atoms with van der Waals surface area (Å²) < 4.78 is 45.9. The number of piperidine rings is 1. The third-order valence-electron chi connectivity index (χ3n) is 5.80. The molecule has 0 bridgehead atoms. The first kappa shape index (κ1) is 21.4. The molecule has 0 aromatic heterocycles. The molecule has 0 saturated carbocycles. The molecule has 0 radical (unpaired) electrons. The minimum atomic E-state index is -4.51. The van der Waals surface area contributed by atoms with Crippen molar-refractivity contribution in [1.29, 1.82) is 0 Å². The molecule has 2 fully saturated rings. The Labute approximate surface area is 178 Å². The van der Waals surface area contributed by atoms with Crippen LogP contribution in [0.5, 0.6) is 0 Å². The highest BCUT2D eigenvalue weighted by Crippen LogP contribution is 2.37. The van der Waals surface area contributed by atoms with Crippen LogP contribution in [0.3, 0.4) is 0 Å². The van der Waals surface area contributed by atoms with E-state index in [4.69, 9.17) is 4.74 Å². The number of rotatable bonds is 3. The molecular weight excluding hydrogens is 409 g/mol. The van der Waals surface area contributed by atoms with Crippen LogP contribution in [0, 0.1) is 5.92 Å². The van der Waals surface area contributed by atoms with Gasteiger partial charge in [0.25, 0.3) is 0 Å². The van der Waals surface area contributed by atoms with Crippen molar-refractivity contribution in [1.82, 2.24) is 4.90 Å². The Morgan fingerprint density at radius 1 is 1.00 bits per heavy atom. The van der Waals surface area contributed by atoms with Crippen molar-refractivity contribution < 1.29 is 27.5 Å². The van der Waals surface area contributed by atoms with E-state index in [1.807, 2.05) is 30.3 Å². The van der Waals surface area contributed by atoms with E-state index in [1.54, 1.807) is 4.90 Å². The second kappa shape index (κ2) is 8.70. The molecule has 0 spiro atoms. The molecule has 31 heavy (non-hydrogen) atoms. The van der Waals surface area contributed by atoms with Crippen molar-refractivity contribution in [3.63, 3.8) is 0 Å². The van der Waals surface area contributed by atoms with E-state index >= 15 is 0 Å². The van der Waals surface area contributed by atoms with Crippen LogP contribution in [0.15, 0.2) is 54.6 Å². The smallest absolute Gasteiger partial charge is 0.370 e. The summed E-state index contributed by atoms with van der Waals surface area (Å²) in [5.74, 6) is -1.44. The molecule has 0 N–H and O–H groups in total. The van der Waals surface area contributed by atoms with Gasteiger partial charge in [0.2, 0.25) is 11.8 Å². The quantitative estimate of drug-likeness (QED) is 0.688. The van der Waals surface area contributed by atoms with Crippen LogP contribution in [-0.2, 0) is 20.5 Å². The van der Waals surface area contributed by atoms with Gasteiger partial charge in [0.15, 0.2) is 0 Å². The predicted molar refractivity (Wildman–Crippen MR) is 108 cm³/mol. The molecule has 4 rings (SSSR count). The number of carbonyl (C=O) groups is 2. The molecule has 164 valence electrons. The summed E-state index contributed by atoms with van der Waals surface area (Å²) in [6.07, 6.45) is -4.29. The maximum Gasteiger partial charge on any atom is 0.416 e. The van der Waals surface area contributed by atoms with E-state index < -0.39 is 23.8 Å². The first-order chi connectivity index (χ1) is 14.9. The number of para-hydroxylation sites is 1. The molecule has 2 aromatic carbocycles.